The number of rotatable bonds is 8. The maximum absolute atomic E-state index is 12.8. The van der Waals surface area contributed by atoms with Crippen molar-refractivity contribution in [3.63, 3.8) is 0 Å². The van der Waals surface area contributed by atoms with Gasteiger partial charge in [0, 0.05) is 18.1 Å². The molecule has 8 heteroatoms. The van der Waals surface area contributed by atoms with Crippen LogP contribution >= 0.6 is 11.6 Å². The molecule has 0 spiro atoms. The fourth-order valence-electron chi connectivity index (χ4n) is 2.77. The molecule has 1 aromatic heterocycles. The van der Waals surface area contributed by atoms with Crippen molar-refractivity contribution >= 4 is 21.6 Å². The quantitative estimate of drug-likeness (QED) is 0.699. The van der Waals surface area contributed by atoms with Crippen LogP contribution in [0.2, 0.25) is 5.02 Å². The maximum Gasteiger partial charge on any atom is 0.246 e. The van der Waals surface area contributed by atoms with Crippen LogP contribution in [0.1, 0.15) is 25.2 Å². The summed E-state index contributed by atoms with van der Waals surface area (Å²) in [5, 5.41) is 4.99. The third kappa shape index (κ3) is 4.34. The van der Waals surface area contributed by atoms with Crippen molar-refractivity contribution in [1.82, 2.24) is 14.1 Å². The van der Waals surface area contributed by atoms with Crippen LogP contribution < -0.4 is 4.74 Å². The van der Waals surface area contributed by atoms with Crippen molar-refractivity contribution in [2.45, 2.75) is 39.1 Å². The minimum absolute atomic E-state index is 0.291. The number of hydrogen-bond donors (Lipinski definition) is 0. The van der Waals surface area contributed by atoms with Gasteiger partial charge in [0.25, 0.3) is 0 Å². The van der Waals surface area contributed by atoms with Gasteiger partial charge in [-0.05, 0) is 32.0 Å². The number of ether oxygens (including phenoxy) is 1. The van der Waals surface area contributed by atoms with Crippen LogP contribution in [0.4, 0.5) is 0 Å². The van der Waals surface area contributed by atoms with Crippen molar-refractivity contribution in [1.29, 1.82) is 0 Å². The lowest BCUT2D eigenvalue weighted by atomic mass is 10.3. The van der Waals surface area contributed by atoms with E-state index in [1.807, 2.05) is 26.0 Å². The minimum Gasteiger partial charge on any atom is -0.492 e. The number of hydrogen-bond acceptors (Lipinski definition) is 4. The van der Waals surface area contributed by atoms with E-state index in [0.29, 0.717) is 53.3 Å². The molecule has 138 valence electrons. The number of benzene rings is 1. The summed E-state index contributed by atoms with van der Waals surface area (Å²) in [6, 6.07) is 7.15. The largest absolute Gasteiger partial charge is 0.492 e. The van der Waals surface area contributed by atoms with E-state index in [4.69, 9.17) is 16.3 Å². The number of aromatic nitrogens is 2. The van der Waals surface area contributed by atoms with E-state index in [1.54, 1.807) is 30.7 Å². The number of nitrogens with zero attached hydrogens (tertiary/aromatic N) is 3. The van der Waals surface area contributed by atoms with Gasteiger partial charge >= 0.3 is 0 Å². The average Bonchev–Trinajstić information content (AvgIpc) is 2.83. The van der Waals surface area contributed by atoms with E-state index in [9.17, 15) is 8.42 Å². The van der Waals surface area contributed by atoms with Crippen LogP contribution in [0.25, 0.3) is 0 Å². The second kappa shape index (κ2) is 8.21. The molecular formula is C17H24ClN3O3S. The molecule has 0 radical (unpaired) electrons. The Morgan fingerprint density at radius 3 is 2.52 bits per heavy atom. The van der Waals surface area contributed by atoms with E-state index in [1.165, 1.54) is 4.31 Å². The lowest BCUT2D eigenvalue weighted by molar-refractivity contribution is 0.289. The van der Waals surface area contributed by atoms with Gasteiger partial charge in [-0.25, -0.2) is 8.42 Å². The maximum atomic E-state index is 12.8. The molecule has 0 aliphatic carbocycles. The first-order valence-electron chi connectivity index (χ1n) is 8.23. The first-order valence-corrected chi connectivity index (χ1v) is 10.1. The smallest absolute Gasteiger partial charge is 0.246 e. The van der Waals surface area contributed by atoms with Crippen LogP contribution in [0, 0.1) is 13.8 Å². The fourth-order valence-corrected chi connectivity index (χ4v) is 4.78. The van der Waals surface area contributed by atoms with E-state index in [-0.39, 0.29) is 0 Å². The Kier molecular flexibility index (Phi) is 6.48. The van der Waals surface area contributed by atoms with E-state index >= 15 is 0 Å². The summed E-state index contributed by atoms with van der Waals surface area (Å²) in [5.74, 6) is 0.671. The van der Waals surface area contributed by atoms with Crippen LogP contribution in [0.5, 0.6) is 5.75 Å². The predicted molar refractivity (Wildman–Crippen MR) is 98.8 cm³/mol. The Morgan fingerprint density at radius 2 is 1.92 bits per heavy atom. The van der Waals surface area contributed by atoms with Crippen molar-refractivity contribution < 1.29 is 13.2 Å². The molecule has 0 atom stereocenters. The summed E-state index contributed by atoms with van der Waals surface area (Å²) in [7, 11) is -3.53. The molecule has 1 heterocycles. The summed E-state index contributed by atoms with van der Waals surface area (Å²) >= 11 is 5.93. The SMILES string of the molecule is CCN(CC)S(=O)(=O)c1c(C)nn(CCOc2cccc(Cl)c2)c1C. The summed E-state index contributed by atoms with van der Waals surface area (Å²) in [5.41, 5.74) is 1.13. The summed E-state index contributed by atoms with van der Waals surface area (Å²) in [6.45, 7) is 8.83. The van der Waals surface area contributed by atoms with Crippen LogP contribution in [0.3, 0.4) is 0 Å². The Labute approximate surface area is 154 Å². The predicted octanol–water partition coefficient (Wildman–Crippen LogP) is 3.26. The van der Waals surface area contributed by atoms with Gasteiger partial charge in [-0.15, -0.1) is 0 Å². The van der Waals surface area contributed by atoms with Crippen molar-refractivity contribution in [2.75, 3.05) is 19.7 Å². The number of halogens is 1. The molecule has 0 saturated heterocycles. The van der Waals surface area contributed by atoms with Crippen LogP contribution in [-0.4, -0.2) is 42.2 Å². The van der Waals surface area contributed by atoms with Crippen molar-refractivity contribution in [2.24, 2.45) is 0 Å². The highest BCUT2D eigenvalue weighted by Crippen LogP contribution is 2.23. The van der Waals surface area contributed by atoms with E-state index < -0.39 is 10.0 Å². The number of sulfonamides is 1. The zero-order valence-electron chi connectivity index (χ0n) is 15.0. The zero-order chi connectivity index (χ0) is 18.6. The Morgan fingerprint density at radius 1 is 1.24 bits per heavy atom. The lowest BCUT2D eigenvalue weighted by Gasteiger charge is -2.18. The summed E-state index contributed by atoms with van der Waals surface area (Å²) in [6.07, 6.45) is 0. The van der Waals surface area contributed by atoms with Gasteiger partial charge in [-0.3, -0.25) is 4.68 Å². The van der Waals surface area contributed by atoms with E-state index in [2.05, 4.69) is 5.10 Å². The lowest BCUT2D eigenvalue weighted by Crippen LogP contribution is -2.31. The number of aryl methyl sites for hydroxylation is 1. The molecule has 25 heavy (non-hydrogen) atoms. The van der Waals surface area contributed by atoms with E-state index in [0.717, 1.165) is 0 Å². The molecule has 6 nitrogen and oxygen atoms in total. The fraction of sp³-hybridized carbons (Fsp3) is 0.471. The standard InChI is InChI=1S/C17H24ClN3O3S/c1-5-20(6-2)25(22,23)17-13(3)19-21(14(17)4)10-11-24-16-9-7-8-15(18)12-16/h7-9,12H,5-6,10-11H2,1-4H3. The molecule has 0 bridgehead atoms. The molecule has 2 rings (SSSR count). The van der Waals surface area contributed by atoms with Crippen LogP contribution in [0.15, 0.2) is 29.2 Å². The first-order chi connectivity index (χ1) is 11.8. The average molecular weight is 386 g/mol. The molecule has 0 amide bonds. The molecule has 0 aliphatic heterocycles. The normalized spacial score (nSPS) is 11.9. The molecule has 0 N–H and O–H groups in total. The Hall–Kier alpha value is -1.57. The van der Waals surface area contributed by atoms with Gasteiger partial charge < -0.3 is 4.74 Å². The van der Waals surface area contributed by atoms with Gasteiger partial charge in [-0.2, -0.15) is 9.40 Å². The minimum atomic E-state index is -3.53. The monoisotopic (exact) mass is 385 g/mol. The molecule has 0 fully saturated rings. The molecule has 0 saturated carbocycles. The zero-order valence-corrected chi connectivity index (χ0v) is 16.6. The van der Waals surface area contributed by atoms with Gasteiger partial charge in [0.2, 0.25) is 10.0 Å². The Balaban J connectivity index is 2.16. The van der Waals surface area contributed by atoms with Gasteiger partial charge in [0.1, 0.15) is 17.3 Å². The van der Waals surface area contributed by atoms with Crippen molar-refractivity contribution in [3.8, 4) is 5.75 Å². The Bertz CT molecular complexity index is 830. The summed E-state index contributed by atoms with van der Waals surface area (Å²) in [4.78, 5) is 0.291. The first kappa shape index (κ1) is 19.8. The molecular weight excluding hydrogens is 362 g/mol. The second-order valence-corrected chi connectivity index (χ2v) is 7.93. The second-order valence-electron chi connectivity index (χ2n) is 5.62. The molecule has 2 aromatic rings. The molecule has 0 unspecified atom stereocenters. The summed E-state index contributed by atoms with van der Waals surface area (Å²) < 4.78 is 34.4. The van der Waals surface area contributed by atoms with Crippen LogP contribution in [-0.2, 0) is 16.6 Å². The topological polar surface area (TPSA) is 64.4 Å². The third-order valence-corrected chi connectivity index (χ3v) is 6.52. The van der Waals surface area contributed by atoms with Gasteiger partial charge in [-0.1, -0.05) is 31.5 Å². The van der Waals surface area contributed by atoms with Crippen molar-refractivity contribution in [3.05, 3.63) is 40.7 Å². The highest BCUT2D eigenvalue weighted by Gasteiger charge is 2.29. The van der Waals surface area contributed by atoms with Gasteiger partial charge in [0.05, 0.1) is 17.9 Å². The highest BCUT2D eigenvalue weighted by molar-refractivity contribution is 7.89. The van der Waals surface area contributed by atoms with Gasteiger partial charge in [0.15, 0.2) is 0 Å². The third-order valence-electron chi connectivity index (χ3n) is 3.99. The molecule has 1 aromatic carbocycles. The molecule has 0 aliphatic rings. The highest BCUT2D eigenvalue weighted by atomic mass is 35.5.